The lowest BCUT2D eigenvalue weighted by Gasteiger charge is -2.25. The van der Waals surface area contributed by atoms with Gasteiger partial charge in [0, 0.05) is 33.1 Å². The molecule has 0 fully saturated rings. The van der Waals surface area contributed by atoms with Crippen molar-refractivity contribution in [1.82, 2.24) is 9.88 Å². The standard InChI is InChI=1S/C61H45N3/c1-61(2)53-29-13-12-27-50(53)51-33-31-44(38-54(51)61)42-21-14-23-46(35-42)56-39-55(41-19-8-4-9-20-41)62-60(63-56)47-24-15-22-45(36-47)49-28-16-30-58-59(49)52-37-43(40-17-6-3-7-18-40)32-34-57(52)64(58)48-25-10-5-11-26-48/h3-39,60,62H,1-2H3. The Morgan fingerprint density at radius 1 is 0.438 bits per heavy atom. The van der Waals surface area contributed by atoms with E-state index in [0.717, 1.165) is 39.3 Å². The van der Waals surface area contributed by atoms with E-state index in [1.807, 2.05) is 0 Å². The van der Waals surface area contributed by atoms with Gasteiger partial charge >= 0.3 is 0 Å². The lowest BCUT2D eigenvalue weighted by molar-refractivity contribution is 0.660. The van der Waals surface area contributed by atoms with E-state index in [9.17, 15) is 0 Å². The van der Waals surface area contributed by atoms with Crippen molar-refractivity contribution >= 4 is 33.2 Å². The summed E-state index contributed by atoms with van der Waals surface area (Å²) in [7, 11) is 0. The summed E-state index contributed by atoms with van der Waals surface area (Å²) in [5, 5.41) is 6.30. The molecule has 64 heavy (non-hydrogen) atoms. The van der Waals surface area contributed by atoms with Gasteiger partial charge < -0.3 is 9.88 Å². The molecule has 3 heteroatoms. The molecule has 0 bridgehead atoms. The third kappa shape index (κ3) is 6.31. The molecule has 304 valence electrons. The predicted octanol–water partition coefficient (Wildman–Crippen LogP) is 15.2. The summed E-state index contributed by atoms with van der Waals surface area (Å²) in [5.41, 5.74) is 21.3. The van der Waals surface area contributed by atoms with Gasteiger partial charge in [-0.25, -0.2) is 0 Å². The zero-order valence-corrected chi connectivity index (χ0v) is 35.8. The molecule has 9 aromatic carbocycles. The van der Waals surface area contributed by atoms with Crippen molar-refractivity contribution in [3.63, 3.8) is 0 Å². The number of hydrogen-bond acceptors (Lipinski definition) is 2. The molecule has 1 aliphatic heterocycles. The first-order valence-electron chi connectivity index (χ1n) is 22.2. The Morgan fingerprint density at radius 3 is 1.88 bits per heavy atom. The summed E-state index contributed by atoms with van der Waals surface area (Å²) in [6.45, 7) is 4.69. The second kappa shape index (κ2) is 15.1. The van der Waals surface area contributed by atoms with Crippen LogP contribution in [0.25, 0.3) is 77.7 Å². The minimum Gasteiger partial charge on any atom is -0.360 e. The molecule has 1 aromatic heterocycles. The van der Waals surface area contributed by atoms with E-state index in [1.54, 1.807) is 0 Å². The van der Waals surface area contributed by atoms with Gasteiger partial charge in [-0.3, -0.25) is 4.99 Å². The number of fused-ring (bicyclic) bond motifs is 6. The van der Waals surface area contributed by atoms with Crippen LogP contribution < -0.4 is 5.32 Å². The summed E-state index contributed by atoms with van der Waals surface area (Å²) < 4.78 is 2.40. The molecule has 12 rings (SSSR count). The lowest BCUT2D eigenvalue weighted by Crippen LogP contribution is -2.24. The van der Waals surface area contributed by atoms with Crippen LogP contribution >= 0.6 is 0 Å². The van der Waals surface area contributed by atoms with Crippen molar-refractivity contribution in [2.75, 3.05) is 0 Å². The highest BCUT2D eigenvalue weighted by atomic mass is 15.1. The summed E-state index contributed by atoms with van der Waals surface area (Å²) in [6.07, 6.45) is 1.90. The molecule has 0 saturated carbocycles. The number of benzene rings is 9. The largest absolute Gasteiger partial charge is 0.360 e. The Hall–Kier alpha value is -8.01. The first kappa shape index (κ1) is 37.7. The van der Waals surface area contributed by atoms with E-state index < -0.39 is 0 Å². The van der Waals surface area contributed by atoms with Crippen LogP contribution in [-0.4, -0.2) is 10.3 Å². The molecule has 1 N–H and O–H groups in total. The first-order chi connectivity index (χ1) is 31.5. The fourth-order valence-electron chi connectivity index (χ4n) is 10.2. The Labute approximate surface area is 374 Å². The normalized spacial score (nSPS) is 15.0. The van der Waals surface area contributed by atoms with Gasteiger partial charge in [-0.1, -0.05) is 184 Å². The SMILES string of the molecule is CC1(C)c2ccccc2-c2ccc(-c3cccc(C4=NC(c5cccc(-c6cccc7c6c6cc(-c8ccccc8)ccc6n7-c6ccccc6)c5)NC(c5ccccc5)=C4)c3)cc21. The smallest absolute Gasteiger partial charge is 0.145 e. The number of rotatable bonds is 7. The van der Waals surface area contributed by atoms with E-state index in [0.29, 0.717) is 0 Å². The maximum absolute atomic E-state index is 5.50. The quantitative estimate of drug-likeness (QED) is 0.171. The van der Waals surface area contributed by atoms with Crippen LogP contribution in [0.15, 0.2) is 229 Å². The second-order valence-corrected chi connectivity index (χ2v) is 17.6. The summed E-state index contributed by atoms with van der Waals surface area (Å²) >= 11 is 0. The molecule has 0 spiro atoms. The van der Waals surface area contributed by atoms with Crippen LogP contribution in [-0.2, 0) is 5.41 Å². The first-order valence-corrected chi connectivity index (χ1v) is 22.2. The monoisotopic (exact) mass is 819 g/mol. The van der Waals surface area contributed by atoms with Gasteiger partial charge in [0.15, 0.2) is 0 Å². The average molecular weight is 820 g/mol. The fraction of sp³-hybridized carbons (Fsp3) is 0.0656. The highest BCUT2D eigenvalue weighted by Gasteiger charge is 2.35. The van der Waals surface area contributed by atoms with Gasteiger partial charge in [-0.15, -0.1) is 0 Å². The topological polar surface area (TPSA) is 29.3 Å². The number of nitrogens with one attached hydrogen (secondary N) is 1. The number of para-hydroxylation sites is 1. The highest BCUT2D eigenvalue weighted by Crippen LogP contribution is 2.49. The second-order valence-electron chi connectivity index (χ2n) is 17.6. The molecule has 0 radical (unpaired) electrons. The molecule has 2 heterocycles. The van der Waals surface area contributed by atoms with E-state index >= 15 is 0 Å². The van der Waals surface area contributed by atoms with Crippen LogP contribution in [0.4, 0.5) is 0 Å². The van der Waals surface area contributed by atoms with E-state index in [-0.39, 0.29) is 11.6 Å². The molecule has 10 aromatic rings. The Bertz CT molecular complexity index is 3480. The van der Waals surface area contributed by atoms with Crippen molar-refractivity contribution in [2.45, 2.75) is 25.4 Å². The summed E-state index contributed by atoms with van der Waals surface area (Å²) in [5.74, 6) is 0. The molecule has 0 amide bonds. The molecule has 3 nitrogen and oxygen atoms in total. The zero-order chi connectivity index (χ0) is 42.8. The zero-order valence-electron chi connectivity index (χ0n) is 35.8. The number of hydrogen-bond donors (Lipinski definition) is 1. The maximum Gasteiger partial charge on any atom is 0.145 e. The average Bonchev–Trinajstić information content (AvgIpc) is 3.82. The van der Waals surface area contributed by atoms with Gasteiger partial charge in [0.1, 0.15) is 6.17 Å². The predicted molar refractivity (Wildman–Crippen MR) is 268 cm³/mol. The molecular weight excluding hydrogens is 775 g/mol. The van der Waals surface area contributed by atoms with Crippen molar-refractivity contribution in [2.24, 2.45) is 4.99 Å². The molecule has 0 saturated heterocycles. The third-order valence-corrected chi connectivity index (χ3v) is 13.4. The van der Waals surface area contributed by atoms with E-state index in [1.165, 1.54) is 71.9 Å². The highest BCUT2D eigenvalue weighted by molar-refractivity contribution is 6.17. The van der Waals surface area contributed by atoms with Crippen molar-refractivity contribution in [3.8, 4) is 50.2 Å². The van der Waals surface area contributed by atoms with Crippen molar-refractivity contribution in [3.05, 3.63) is 252 Å². The van der Waals surface area contributed by atoms with Crippen LogP contribution in [0.1, 0.15) is 47.8 Å². The number of aromatic nitrogens is 1. The van der Waals surface area contributed by atoms with Crippen LogP contribution in [0.5, 0.6) is 0 Å². The molecule has 1 atom stereocenters. The van der Waals surface area contributed by atoms with Gasteiger partial charge in [-0.2, -0.15) is 0 Å². The van der Waals surface area contributed by atoms with E-state index in [4.69, 9.17) is 4.99 Å². The minimum atomic E-state index is -0.312. The molecule has 1 unspecified atom stereocenters. The Morgan fingerprint density at radius 2 is 1.05 bits per heavy atom. The van der Waals surface area contributed by atoms with Gasteiger partial charge in [0.2, 0.25) is 0 Å². The molecule has 2 aliphatic rings. The summed E-state index contributed by atoms with van der Waals surface area (Å²) in [4.78, 5) is 5.50. The van der Waals surface area contributed by atoms with Crippen LogP contribution in [0.3, 0.4) is 0 Å². The van der Waals surface area contributed by atoms with Gasteiger partial charge in [-0.05, 0) is 121 Å². The van der Waals surface area contributed by atoms with Gasteiger partial charge in [0.25, 0.3) is 0 Å². The Kier molecular flexibility index (Phi) is 8.91. The Balaban J connectivity index is 0.968. The molecule has 1 aliphatic carbocycles. The van der Waals surface area contributed by atoms with E-state index in [2.05, 4.69) is 248 Å². The minimum absolute atomic E-state index is 0.0661. The number of nitrogens with zero attached hydrogens (tertiary/aromatic N) is 2. The van der Waals surface area contributed by atoms with Crippen molar-refractivity contribution in [1.29, 1.82) is 0 Å². The summed E-state index contributed by atoms with van der Waals surface area (Å²) in [6, 6.07) is 79.3. The number of aliphatic imine (C=N–C) groups is 1. The van der Waals surface area contributed by atoms with Crippen LogP contribution in [0.2, 0.25) is 0 Å². The maximum atomic E-state index is 5.50. The van der Waals surface area contributed by atoms with Crippen molar-refractivity contribution < 1.29 is 0 Å². The van der Waals surface area contributed by atoms with Gasteiger partial charge in [0.05, 0.1) is 16.7 Å². The third-order valence-electron chi connectivity index (χ3n) is 13.4. The fourth-order valence-corrected chi connectivity index (χ4v) is 10.2. The molecular formula is C61H45N3. The van der Waals surface area contributed by atoms with Crippen LogP contribution in [0, 0.1) is 0 Å². The lowest BCUT2D eigenvalue weighted by atomic mass is 9.81. The number of allylic oxidation sites excluding steroid dienone is 1.